The van der Waals surface area contributed by atoms with Crippen molar-refractivity contribution in [3.05, 3.63) is 71.8 Å². The highest BCUT2D eigenvalue weighted by molar-refractivity contribution is 5.93. The topological polar surface area (TPSA) is 105 Å². The number of pyridine rings is 1. The number of amides is 2. The van der Waals surface area contributed by atoms with Gasteiger partial charge in [0, 0.05) is 56.6 Å². The first-order valence-corrected chi connectivity index (χ1v) is 10.6. The molecule has 1 saturated heterocycles. The quantitative estimate of drug-likeness (QED) is 0.667. The Kier molecular flexibility index (Phi) is 6.11. The van der Waals surface area contributed by atoms with Gasteiger partial charge in [-0.2, -0.15) is 0 Å². The van der Waals surface area contributed by atoms with Crippen LogP contribution in [0.2, 0.25) is 0 Å². The molecule has 0 aliphatic carbocycles. The van der Waals surface area contributed by atoms with Gasteiger partial charge in [0.1, 0.15) is 5.69 Å². The van der Waals surface area contributed by atoms with E-state index in [1.54, 1.807) is 30.5 Å². The molecule has 2 N–H and O–H groups in total. The molecule has 0 radical (unpaired) electrons. The Balaban J connectivity index is 1.68. The number of carbonyl (C=O) groups is 2. The van der Waals surface area contributed by atoms with Gasteiger partial charge in [0.25, 0.3) is 5.91 Å². The number of aromatic nitrogens is 3. The van der Waals surface area contributed by atoms with Gasteiger partial charge in [-0.15, -0.1) is 0 Å². The van der Waals surface area contributed by atoms with E-state index in [0.29, 0.717) is 30.3 Å². The Morgan fingerprint density at radius 2 is 1.88 bits per heavy atom. The number of hydrogen-bond acceptors (Lipinski definition) is 6. The molecule has 1 aromatic carbocycles. The summed E-state index contributed by atoms with van der Waals surface area (Å²) in [5, 5.41) is 0. The fraction of sp³-hybridized carbons (Fsp3) is 0.292. The number of nitrogens with two attached hydrogens (primary N) is 1. The Labute approximate surface area is 187 Å². The molecule has 1 aliphatic heterocycles. The van der Waals surface area contributed by atoms with Crippen molar-refractivity contribution in [1.82, 2.24) is 19.9 Å². The highest BCUT2D eigenvalue weighted by Gasteiger charge is 2.29. The van der Waals surface area contributed by atoms with Crippen molar-refractivity contribution in [3.63, 3.8) is 0 Å². The fourth-order valence-electron chi connectivity index (χ4n) is 3.98. The molecular formula is C24H26N6O2. The Hall–Kier alpha value is -3.81. The lowest BCUT2D eigenvalue weighted by Gasteiger charge is -2.33. The van der Waals surface area contributed by atoms with Crippen LogP contribution in [0, 0.1) is 0 Å². The van der Waals surface area contributed by atoms with E-state index in [-0.39, 0.29) is 11.8 Å². The summed E-state index contributed by atoms with van der Waals surface area (Å²) >= 11 is 0. The highest BCUT2D eigenvalue weighted by atomic mass is 16.2. The molecule has 164 valence electrons. The second-order valence-electron chi connectivity index (χ2n) is 8.11. The van der Waals surface area contributed by atoms with E-state index in [1.165, 1.54) is 0 Å². The van der Waals surface area contributed by atoms with Crippen LogP contribution in [0.3, 0.4) is 0 Å². The molecule has 4 rings (SSSR count). The van der Waals surface area contributed by atoms with Crippen molar-refractivity contribution in [3.8, 4) is 11.1 Å². The minimum atomic E-state index is -0.466. The van der Waals surface area contributed by atoms with E-state index >= 15 is 0 Å². The van der Waals surface area contributed by atoms with Gasteiger partial charge >= 0.3 is 0 Å². The van der Waals surface area contributed by atoms with Crippen molar-refractivity contribution in [1.29, 1.82) is 0 Å². The Morgan fingerprint density at radius 3 is 2.53 bits per heavy atom. The summed E-state index contributed by atoms with van der Waals surface area (Å²) in [5.74, 6) is 0.145. The number of likely N-dealkylation sites (tertiary alicyclic amines) is 1. The summed E-state index contributed by atoms with van der Waals surface area (Å²) in [5.41, 5.74) is 8.98. The smallest absolute Gasteiger partial charge is 0.272 e. The SMILES string of the molecule is CN(C)c1ncc(-c2ccc(C(N)=O)cc2)c(C2CCCN(C(=O)c3ccccn3)C2)n1. The molecule has 0 saturated carbocycles. The van der Waals surface area contributed by atoms with Gasteiger partial charge in [-0.3, -0.25) is 14.6 Å². The third-order valence-electron chi connectivity index (χ3n) is 5.67. The van der Waals surface area contributed by atoms with Crippen LogP contribution in [0.5, 0.6) is 0 Å². The number of rotatable bonds is 5. The summed E-state index contributed by atoms with van der Waals surface area (Å²) in [6, 6.07) is 12.5. The van der Waals surface area contributed by atoms with Crippen LogP contribution in [0.1, 0.15) is 45.3 Å². The van der Waals surface area contributed by atoms with Crippen molar-refractivity contribution >= 4 is 17.8 Å². The molecule has 8 nitrogen and oxygen atoms in total. The van der Waals surface area contributed by atoms with Gasteiger partial charge in [0.05, 0.1) is 5.69 Å². The van der Waals surface area contributed by atoms with Gasteiger partial charge in [0.2, 0.25) is 11.9 Å². The van der Waals surface area contributed by atoms with Gasteiger partial charge in [-0.25, -0.2) is 9.97 Å². The molecule has 1 aliphatic rings. The minimum absolute atomic E-state index is 0.0592. The Morgan fingerprint density at radius 1 is 1.09 bits per heavy atom. The van der Waals surface area contributed by atoms with Crippen LogP contribution in [-0.2, 0) is 0 Å². The second-order valence-corrected chi connectivity index (χ2v) is 8.11. The lowest BCUT2D eigenvalue weighted by molar-refractivity contribution is 0.0700. The monoisotopic (exact) mass is 430 g/mol. The first kappa shape index (κ1) is 21.4. The second kappa shape index (κ2) is 9.13. The number of nitrogens with zero attached hydrogens (tertiary/aromatic N) is 5. The number of piperidine rings is 1. The maximum atomic E-state index is 13.0. The Bertz CT molecular complexity index is 1120. The molecule has 0 bridgehead atoms. The molecule has 32 heavy (non-hydrogen) atoms. The number of benzene rings is 1. The fourth-order valence-corrected chi connectivity index (χ4v) is 3.98. The van der Waals surface area contributed by atoms with Crippen LogP contribution >= 0.6 is 0 Å². The predicted octanol–water partition coefficient (Wildman–Crippen LogP) is 2.72. The standard InChI is InChI=1S/C24H26N6O2/c1-29(2)24-27-14-19(16-8-10-17(11-9-16)22(25)31)21(28-24)18-6-5-13-30(15-18)23(32)20-7-3-4-12-26-20/h3-4,7-12,14,18H,5-6,13,15H2,1-2H3,(H2,25,31). The van der Waals surface area contributed by atoms with E-state index < -0.39 is 5.91 Å². The molecule has 1 atom stereocenters. The molecule has 3 heterocycles. The normalized spacial score (nSPS) is 15.9. The van der Waals surface area contributed by atoms with Crippen molar-refractivity contribution in [2.24, 2.45) is 5.73 Å². The molecule has 1 unspecified atom stereocenters. The van der Waals surface area contributed by atoms with Crippen LogP contribution in [0.25, 0.3) is 11.1 Å². The molecule has 2 aromatic heterocycles. The van der Waals surface area contributed by atoms with E-state index in [2.05, 4.69) is 9.97 Å². The van der Waals surface area contributed by atoms with E-state index in [1.807, 2.05) is 48.3 Å². The van der Waals surface area contributed by atoms with Crippen LogP contribution in [-0.4, -0.2) is 58.9 Å². The first-order valence-electron chi connectivity index (χ1n) is 10.6. The predicted molar refractivity (Wildman–Crippen MR) is 122 cm³/mol. The maximum absolute atomic E-state index is 13.0. The summed E-state index contributed by atoms with van der Waals surface area (Å²) in [6.07, 6.45) is 5.25. The molecule has 3 aromatic rings. The molecular weight excluding hydrogens is 404 g/mol. The zero-order valence-corrected chi connectivity index (χ0v) is 18.2. The van der Waals surface area contributed by atoms with E-state index in [9.17, 15) is 9.59 Å². The van der Waals surface area contributed by atoms with Gasteiger partial charge < -0.3 is 15.5 Å². The average molecular weight is 431 g/mol. The zero-order chi connectivity index (χ0) is 22.7. The summed E-state index contributed by atoms with van der Waals surface area (Å²) < 4.78 is 0. The summed E-state index contributed by atoms with van der Waals surface area (Å²) in [4.78, 5) is 41.7. The van der Waals surface area contributed by atoms with Crippen molar-refractivity contribution in [2.75, 3.05) is 32.1 Å². The van der Waals surface area contributed by atoms with Crippen molar-refractivity contribution in [2.45, 2.75) is 18.8 Å². The number of anilines is 1. The van der Waals surface area contributed by atoms with Crippen LogP contribution in [0.15, 0.2) is 54.9 Å². The largest absolute Gasteiger partial charge is 0.366 e. The third-order valence-corrected chi connectivity index (χ3v) is 5.67. The number of hydrogen-bond donors (Lipinski definition) is 1. The summed E-state index contributed by atoms with van der Waals surface area (Å²) in [7, 11) is 3.80. The lowest BCUT2D eigenvalue weighted by Crippen LogP contribution is -2.39. The van der Waals surface area contributed by atoms with Gasteiger partial charge in [-0.1, -0.05) is 18.2 Å². The minimum Gasteiger partial charge on any atom is -0.366 e. The van der Waals surface area contributed by atoms with Gasteiger partial charge in [-0.05, 0) is 42.7 Å². The van der Waals surface area contributed by atoms with Crippen LogP contribution in [0.4, 0.5) is 5.95 Å². The lowest BCUT2D eigenvalue weighted by atomic mass is 9.89. The zero-order valence-electron chi connectivity index (χ0n) is 18.2. The number of carbonyl (C=O) groups excluding carboxylic acids is 2. The molecule has 1 fully saturated rings. The van der Waals surface area contributed by atoms with Crippen LogP contribution < -0.4 is 10.6 Å². The third kappa shape index (κ3) is 4.44. The average Bonchev–Trinajstić information content (AvgIpc) is 2.84. The summed E-state index contributed by atoms with van der Waals surface area (Å²) in [6.45, 7) is 1.26. The molecule has 8 heteroatoms. The maximum Gasteiger partial charge on any atom is 0.272 e. The molecule has 2 amide bonds. The molecule has 0 spiro atoms. The van der Waals surface area contributed by atoms with E-state index in [4.69, 9.17) is 10.7 Å². The van der Waals surface area contributed by atoms with E-state index in [0.717, 1.165) is 29.7 Å². The van der Waals surface area contributed by atoms with Gasteiger partial charge in [0.15, 0.2) is 0 Å². The highest BCUT2D eigenvalue weighted by Crippen LogP contribution is 2.34. The van der Waals surface area contributed by atoms with Crippen molar-refractivity contribution < 1.29 is 9.59 Å². The number of primary amides is 1. The first-order chi connectivity index (χ1) is 15.4.